The van der Waals surface area contributed by atoms with Crippen LogP contribution < -0.4 is 5.32 Å². The summed E-state index contributed by atoms with van der Waals surface area (Å²) in [5.74, 6) is -0.866. The summed E-state index contributed by atoms with van der Waals surface area (Å²) < 4.78 is 5.40. The fraction of sp³-hybridized carbons (Fsp3) is 0.500. The number of ether oxygens (including phenoxy) is 1. The zero-order chi connectivity index (χ0) is 13.1. The molecule has 0 aromatic heterocycles. The zero-order valence-electron chi connectivity index (χ0n) is 10.8. The number of piperidine rings is 1. The Morgan fingerprint density at radius 3 is 2.94 bits per heavy atom. The number of carboxylic acids is 1. The van der Waals surface area contributed by atoms with Gasteiger partial charge in [-0.2, -0.15) is 0 Å². The summed E-state index contributed by atoms with van der Waals surface area (Å²) in [4.78, 5) is 11.3. The average Bonchev–Trinajstić information content (AvgIpc) is 2.38. The predicted molar refractivity (Wildman–Crippen MR) is 68.9 cm³/mol. The second-order valence-corrected chi connectivity index (χ2v) is 4.73. The van der Waals surface area contributed by atoms with Crippen molar-refractivity contribution in [2.24, 2.45) is 0 Å². The molecule has 1 aliphatic heterocycles. The number of carbonyl (C=O) groups is 1. The van der Waals surface area contributed by atoms with Crippen molar-refractivity contribution in [3.8, 4) is 0 Å². The number of nitrogens with one attached hydrogen (secondary N) is 1. The quantitative estimate of drug-likeness (QED) is 0.861. The molecule has 1 aromatic carbocycles. The van der Waals surface area contributed by atoms with Crippen LogP contribution in [0.1, 0.15) is 40.4 Å². The molecule has 4 heteroatoms. The van der Waals surface area contributed by atoms with E-state index in [1.807, 2.05) is 13.0 Å². The lowest BCUT2D eigenvalue weighted by molar-refractivity contribution is 0.0603. The molecule has 0 spiro atoms. The smallest absolute Gasteiger partial charge is 0.336 e. The van der Waals surface area contributed by atoms with E-state index >= 15 is 0 Å². The number of aryl methyl sites for hydroxylation is 1. The van der Waals surface area contributed by atoms with Gasteiger partial charge in [0, 0.05) is 13.2 Å². The molecule has 0 bridgehead atoms. The molecule has 98 valence electrons. The molecule has 4 nitrogen and oxygen atoms in total. The minimum absolute atomic E-state index is 0.0657. The van der Waals surface area contributed by atoms with Gasteiger partial charge in [-0.1, -0.05) is 12.1 Å². The fourth-order valence-corrected chi connectivity index (χ4v) is 2.65. The molecular weight excluding hydrogens is 230 g/mol. The van der Waals surface area contributed by atoms with Crippen LogP contribution in [0.2, 0.25) is 0 Å². The number of carboxylic acid groups (broad SMARTS) is 1. The lowest BCUT2D eigenvalue weighted by Crippen LogP contribution is -2.36. The Balaban J connectivity index is 2.34. The molecule has 2 unspecified atom stereocenters. The van der Waals surface area contributed by atoms with Crippen LogP contribution in [0.15, 0.2) is 18.2 Å². The molecule has 2 rings (SSSR count). The van der Waals surface area contributed by atoms with Gasteiger partial charge in [0.1, 0.15) is 0 Å². The highest BCUT2D eigenvalue weighted by Gasteiger charge is 2.26. The lowest BCUT2D eigenvalue weighted by atomic mass is 9.89. The van der Waals surface area contributed by atoms with Crippen molar-refractivity contribution in [1.82, 2.24) is 5.32 Å². The van der Waals surface area contributed by atoms with Gasteiger partial charge in [0.05, 0.1) is 11.7 Å². The van der Waals surface area contributed by atoms with Crippen LogP contribution in [0.5, 0.6) is 0 Å². The summed E-state index contributed by atoms with van der Waals surface area (Å²) in [6.07, 6.45) is 2.00. The molecule has 1 aliphatic rings. The standard InChI is InChI=1S/C14H19NO3/c1-9-4-3-5-11(14(16)17)13(9)12-8-10(18-2)6-7-15-12/h3-5,10,12,15H,6-8H2,1-2H3,(H,16,17). The predicted octanol–water partition coefficient (Wildman–Crippen LogP) is 2.13. The Morgan fingerprint density at radius 2 is 2.28 bits per heavy atom. The van der Waals surface area contributed by atoms with Crippen LogP contribution in [0, 0.1) is 6.92 Å². The van der Waals surface area contributed by atoms with Gasteiger partial charge < -0.3 is 15.2 Å². The van der Waals surface area contributed by atoms with E-state index < -0.39 is 5.97 Å². The molecule has 0 radical (unpaired) electrons. The number of hydrogen-bond acceptors (Lipinski definition) is 3. The van der Waals surface area contributed by atoms with Crippen molar-refractivity contribution in [3.05, 3.63) is 34.9 Å². The van der Waals surface area contributed by atoms with Crippen LogP contribution >= 0.6 is 0 Å². The first kappa shape index (κ1) is 13.1. The number of aromatic carboxylic acids is 1. The summed E-state index contributed by atoms with van der Waals surface area (Å²) in [6.45, 7) is 2.82. The second-order valence-electron chi connectivity index (χ2n) is 4.73. The maximum atomic E-state index is 11.3. The molecule has 1 saturated heterocycles. The van der Waals surface area contributed by atoms with Gasteiger partial charge in [0.2, 0.25) is 0 Å². The van der Waals surface area contributed by atoms with Crippen LogP contribution in [0.3, 0.4) is 0 Å². The van der Waals surface area contributed by atoms with Gasteiger partial charge in [0.15, 0.2) is 0 Å². The lowest BCUT2D eigenvalue weighted by Gasteiger charge is -2.31. The monoisotopic (exact) mass is 249 g/mol. The number of hydrogen-bond donors (Lipinski definition) is 2. The van der Waals surface area contributed by atoms with Crippen molar-refractivity contribution in [2.45, 2.75) is 31.9 Å². The average molecular weight is 249 g/mol. The fourth-order valence-electron chi connectivity index (χ4n) is 2.65. The molecular formula is C14H19NO3. The van der Waals surface area contributed by atoms with E-state index in [9.17, 15) is 9.90 Å². The molecule has 1 heterocycles. The SMILES string of the molecule is COC1CCNC(c2c(C)cccc2C(=O)O)C1. The highest BCUT2D eigenvalue weighted by Crippen LogP contribution is 2.29. The van der Waals surface area contributed by atoms with E-state index in [4.69, 9.17) is 4.74 Å². The first-order valence-corrected chi connectivity index (χ1v) is 6.22. The third-order valence-electron chi connectivity index (χ3n) is 3.59. The molecule has 2 N–H and O–H groups in total. The normalized spacial score (nSPS) is 23.9. The summed E-state index contributed by atoms with van der Waals surface area (Å²) in [7, 11) is 1.71. The summed E-state index contributed by atoms with van der Waals surface area (Å²) in [5.41, 5.74) is 2.31. The molecule has 1 fully saturated rings. The van der Waals surface area contributed by atoms with E-state index in [-0.39, 0.29) is 12.1 Å². The van der Waals surface area contributed by atoms with Crippen LogP contribution in [-0.2, 0) is 4.74 Å². The van der Waals surface area contributed by atoms with Crippen molar-refractivity contribution < 1.29 is 14.6 Å². The van der Waals surface area contributed by atoms with E-state index in [1.165, 1.54) is 0 Å². The molecule has 0 saturated carbocycles. The van der Waals surface area contributed by atoms with Crippen molar-refractivity contribution in [3.63, 3.8) is 0 Å². The van der Waals surface area contributed by atoms with E-state index in [1.54, 1.807) is 19.2 Å². The minimum atomic E-state index is -0.866. The third-order valence-corrected chi connectivity index (χ3v) is 3.59. The van der Waals surface area contributed by atoms with Gasteiger partial charge in [-0.3, -0.25) is 0 Å². The molecule has 18 heavy (non-hydrogen) atoms. The van der Waals surface area contributed by atoms with Gasteiger partial charge in [0.25, 0.3) is 0 Å². The van der Waals surface area contributed by atoms with Crippen molar-refractivity contribution >= 4 is 5.97 Å². The van der Waals surface area contributed by atoms with Crippen molar-refractivity contribution in [1.29, 1.82) is 0 Å². The summed E-state index contributed by atoms with van der Waals surface area (Å²) >= 11 is 0. The van der Waals surface area contributed by atoms with E-state index in [2.05, 4.69) is 5.32 Å². The molecule has 0 amide bonds. The number of benzene rings is 1. The molecule has 2 atom stereocenters. The molecule has 1 aromatic rings. The first-order valence-electron chi connectivity index (χ1n) is 6.22. The second kappa shape index (κ2) is 5.50. The van der Waals surface area contributed by atoms with Gasteiger partial charge in [-0.25, -0.2) is 4.79 Å². The van der Waals surface area contributed by atoms with E-state index in [0.29, 0.717) is 5.56 Å². The van der Waals surface area contributed by atoms with Crippen LogP contribution in [0.4, 0.5) is 0 Å². The van der Waals surface area contributed by atoms with Crippen LogP contribution in [-0.4, -0.2) is 30.8 Å². The Morgan fingerprint density at radius 1 is 1.50 bits per heavy atom. The summed E-state index contributed by atoms with van der Waals surface area (Å²) in [5, 5.41) is 12.7. The van der Waals surface area contributed by atoms with Crippen molar-refractivity contribution in [2.75, 3.05) is 13.7 Å². The number of rotatable bonds is 3. The highest BCUT2D eigenvalue weighted by molar-refractivity contribution is 5.90. The highest BCUT2D eigenvalue weighted by atomic mass is 16.5. The maximum absolute atomic E-state index is 11.3. The molecule has 0 aliphatic carbocycles. The largest absolute Gasteiger partial charge is 0.478 e. The van der Waals surface area contributed by atoms with Crippen LogP contribution in [0.25, 0.3) is 0 Å². The van der Waals surface area contributed by atoms with Gasteiger partial charge in [-0.05, 0) is 43.5 Å². The minimum Gasteiger partial charge on any atom is -0.478 e. The van der Waals surface area contributed by atoms with Gasteiger partial charge >= 0.3 is 5.97 Å². The third kappa shape index (κ3) is 2.54. The Kier molecular flexibility index (Phi) is 3.99. The Bertz CT molecular complexity index is 445. The maximum Gasteiger partial charge on any atom is 0.336 e. The summed E-state index contributed by atoms with van der Waals surface area (Å²) in [6, 6.07) is 5.48. The Labute approximate surface area is 107 Å². The Hall–Kier alpha value is -1.39. The topological polar surface area (TPSA) is 58.6 Å². The van der Waals surface area contributed by atoms with Gasteiger partial charge in [-0.15, -0.1) is 0 Å². The first-order chi connectivity index (χ1) is 8.63. The number of methoxy groups -OCH3 is 1. The van der Waals surface area contributed by atoms with E-state index in [0.717, 1.165) is 30.5 Å². The zero-order valence-corrected chi connectivity index (χ0v) is 10.8.